The van der Waals surface area contributed by atoms with E-state index in [4.69, 9.17) is 9.47 Å². The normalized spacial score (nSPS) is 39.1. The largest absolute Gasteiger partial charge is 0.467 e. The van der Waals surface area contributed by atoms with E-state index in [1.165, 1.54) is 12.0 Å². The molecule has 4 fully saturated rings. The molecule has 8 atom stereocenters. The van der Waals surface area contributed by atoms with Crippen molar-refractivity contribution in [3.8, 4) is 0 Å². The Bertz CT molecular complexity index is 1240. The van der Waals surface area contributed by atoms with Gasteiger partial charge in [0.15, 0.2) is 12.4 Å². The SMILES string of the molecule is COC(=O)[C@@H]1C[C@H](O)CN1C(=O)CCC(=O)OCC(=O)[C@@]1(O)CC[C@H]2[C@@H]3CCC4=CC(=O)CC[C@]4(C)[C@H]3C(=O)C[C@@]21C. The van der Waals surface area contributed by atoms with E-state index in [9.17, 15) is 39.0 Å². The standard InChI is InChI=1S/C31H41NO10/c1-29-10-8-18(33)12-17(29)4-5-20-21-9-11-31(40,30(21,2)14-23(35)27(20)29)24(36)16-42-26(38)7-6-25(37)32-15-19(34)13-22(32)28(39)41-3/h12,19-22,27,34,40H,4-11,13-16H2,1-3H3/t19-,20-,21-,22-,27+,29-,30-,31-/m0/s1. The van der Waals surface area contributed by atoms with Crippen LogP contribution in [0.5, 0.6) is 0 Å². The molecule has 0 aromatic carbocycles. The summed E-state index contributed by atoms with van der Waals surface area (Å²) in [5.74, 6) is -2.81. The molecular formula is C31H41NO10. The van der Waals surface area contributed by atoms with Crippen LogP contribution in [0.2, 0.25) is 0 Å². The number of Topliss-reactive ketones (excluding diaryl/α,β-unsaturated/α-hetero) is 2. The molecule has 1 aliphatic heterocycles. The molecule has 11 nitrogen and oxygen atoms in total. The Kier molecular flexibility index (Phi) is 7.98. The summed E-state index contributed by atoms with van der Waals surface area (Å²) < 4.78 is 9.87. The van der Waals surface area contributed by atoms with E-state index >= 15 is 0 Å². The molecule has 11 heteroatoms. The van der Waals surface area contributed by atoms with Crippen LogP contribution < -0.4 is 0 Å². The summed E-state index contributed by atoms with van der Waals surface area (Å²) in [6.07, 6.45) is 3.58. The average molecular weight is 588 g/mol. The molecule has 2 N–H and O–H groups in total. The second-order valence-electron chi connectivity index (χ2n) is 13.4. The molecule has 4 aliphatic carbocycles. The van der Waals surface area contributed by atoms with Gasteiger partial charge in [-0.15, -0.1) is 0 Å². The van der Waals surface area contributed by atoms with Gasteiger partial charge in [0, 0.05) is 43.6 Å². The Morgan fingerprint density at radius 2 is 1.81 bits per heavy atom. The highest BCUT2D eigenvalue weighted by atomic mass is 16.5. The zero-order chi connectivity index (χ0) is 30.6. The van der Waals surface area contributed by atoms with Gasteiger partial charge in [0.1, 0.15) is 17.4 Å². The number of nitrogens with zero attached hydrogens (tertiary/aromatic N) is 1. The number of methoxy groups -OCH3 is 1. The molecule has 0 aromatic heterocycles. The van der Waals surface area contributed by atoms with Gasteiger partial charge in [0.05, 0.1) is 19.6 Å². The van der Waals surface area contributed by atoms with Crippen molar-refractivity contribution in [2.24, 2.45) is 28.6 Å². The molecule has 0 aromatic rings. The minimum atomic E-state index is -1.83. The van der Waals surface area contributed by atoms with Gasteiger partial charge in [-0.05, 0) is 55.4 Å². The summed E-state index contributed by atoms with van der Waals surface area (Å²) in [7, 11) is 1.19. The lowest BCUT2D eigenvalue weighted by Crippen LogP contribution is -2.61. The monoisotopic (exact) mass is 587 g/mol. The van der Waals surface area contributed by atoms with Crippen molar-refractivity contribution in [3.63, 3.8) is 0 Å². The van der Waals surface area contributed by atoms with Crippen molar-refractivity contribution in [3.05, 3.63) is 11.6 Å². The number of aliphatic hydroxyl groups excluding tert-OH is 1. The Hall–Kier alpha value is -2.92. The summed E-state index contributed by atoms with van der Waals surface area (Å²) in [6, 6.07) is -0.923. The van der Waals surface area contributed by atoms with Crippen molar-refractivity contribution >= 4 is 35.2 Å². The third kappa shape index (κ3) is 4.82. The molecule has 0 bridgehead atoms. The zero-order valence-electron chi connectivity index (χ0n) is 24.6. The third-order valence-corrected chi connectivity index (χ3v) is 11.2. The second kappa shape index (κ2) is 11.0. The van der Waals surface area contributed by atoms with Crippen LogP contribution in [-0.2, 0) is 38.2 Å². The number of β-amino-alcohol motifs (C(OH)–C–C–N with tert-alkyl or cyclic N) is 1. The van der Waals surface area contributed by atoms with Crippen molar-refractivity contribution < 1.29 is 48.5 Å². The number of carbonyl (C=O) groups is 6. The molecule has 1 saturated heterocycles. The first-order chi connectivity index (χ1) is 19.7. The van der Waals surface area contributed by atoms with Crippen LogP contribution in [0.15, 0.2) is 11.6 Å². The average Bonchev–Trinajstić information content (AvgIpc) is 3.47. The number of esters is 2. The maximum absolute atomic E-state index is 13.8. The number of hydrogen-bond acceptors (Lipinski definition) is 10. The van der Waals surface area contributed by atoms with E-state index < -0.39 is 53.4 Å². The molecule has 42 heavy (non-hydrogen) atoms. The van der Waals surface area contributed by atoms with Crippen LogP contribution in [0, 0.1) is 28.6 Å². The number of likely N-dealkylation sites (tertiary alicyclic amines) is 1. The highest BCUT2D eigenvalue weighted by Crippen LogP contribution is 2.66. The number of carbonyl (C=O) groups excluding carboxylic acids is 6. The first-order valence-electron chi connectivity index (χ1n) is 15.0. The summed E-state index contributed by atoms with van der Waals surface area (Å²) in [4.78, 5) is 77.5. The Labute approximate surface area is 245 Å². The molecule has 1 amide bonds. The number of ketones is 3. The number of ether oxygens (including phenoxy) is 2. The minimum Gasteiger partial charge on any atom is -0.467 e. The van der Waals surface area contributed by atoms with E-state index in [2.05, 4.69) is 6.92 Å². The molecule has 3 saturated carbocycles. The Balaban J connectivity index is 1.20. The van der Waals surface area contributed by atoms with Crippen LogP contribution in [0.3, 0.4) is 0 Å². The van der Waals surface area contributed by atoms with Gasteiger partial charge >= 0.3 is 11.9 Å². The second-order valence-corrected chi connectivity index (χ2v) is 13.4. The molecule has 5 rings (SSSR count). The van der Waals surface area contributed by atoms with Gasteiger partial charge in [-0.25, -0.2) is 4.79 Å². The molecular weight excluding hydrogens is 546 g/mol. The van der Waals surface area contributed by atoms with Crippen LogP contribution in [0.25, 0.3) is 0 Å². The number of amides is 1. The smallest absolute Gasteiger partial charge is 0.328 e. The summed E-state index contributed by atoms with van der Waals surface area (Å²) >= 11 is 0. The molecule has 230 valence electrons. The predicted octanol–water partition coefficient (Wildman–Crippen LogP) is 1.46. The van der Waals surface area contributed by atoms with Crippen molar-refractivity contribution in [1.29, 1.82) is 0 Å². The number of rotatable bonds is 7. The van der Waals surface area contributed by atoms with Crippen molar-refractivity contribution in [2.75, 3.05) is 20.3 Å². The van der Waals surface area contributed by atoms with Crippen LogP contribution in [0.4, 0.5) is 0 Å². The van der Waals surface area contributed by atoms with Crippen LogP contribution in [-0.4, -0.2) is 88.3 Å². The molecule has 0 unspecified atom stereocenters. The molecule has 5 aliphatic rings. The highest BCUT2D eigenvalue weighted by Gasteiger charge is 2.68. The van der Waals surface area contributed by atoms with Gasteiger partial charge in [-0.3, -0.25) is 24.0 Å². The fourth-order valence-electron chi connectivity index (χ4n) is 8.98. The number of hydrogen-bond donors (Lipinski definition) is 2. The van der Waals surface area contributed by atoms with Crippen LogP contribution in [0.1, 0.15) is 78.1 Å². The van der Waals surface area contributed by atoms with Crippen LogP contribution >= 0.6 is 0 Å². The van der Waals surface area contributed by atoms with E-state index in [1.54, 1.807) is 13.0 Å². The Morgan fingerprint density at radius 1 is 1.07 bits per heavy atom. The van der Waals surface area contributed by atoms with Gasteiger partial charge < -0.3 is 24.6 Å². The lowest BCUT2D eigenvalue weighted by atomic mass is 9.46. The number of aliphatic hydroxyl groups is 2. The topological polar surface area (TPSA) is 165 Å². The van der Waals surface area contributed by atoms with Gasteiger partial charge in [0.25, 0.3) is 0 Å². The lowest BCUT2D eigenvalue weighted by molar-refractivity contribution is -0.174. The van der Waals surface area contributed by atoms with E-state index in [-0.39, 0.29) is 73.4 Å². The van der Waals surface area contributed by atoms with E-state index in [0.717, 1.165) is 18.4 Å². The predicted molar refractivity (Wildman–Crippen MR) is 145 cm³/mol. The number of allylic oxidation sites excluding steroid dienone is 1. The van der Waals surface area contributed by atoms with Gasteiger partial charge in [-0.1, -0.05) is 19.4 Å². The summed E-state index contributed by atoms with van der Waals surface area (Å²) in [6.45, 7) is 3.17. The summed E-state index contributed by atoms with van der Waals surface area (Å²) in [5, 5.41) is 21.7. The Morgan fingerprint density at radius 3 is 2.52 bits per heavy atom. The van der Waals surface area contributed by atoms with Crippen molar-refractivity contribution in [1.82, 2.24) is 4.90 Å². The fourth-order valence-corrected chi connectivity index (χ4v) is 8.98. The maximum atomic E-state index is 13.8. The molecule has 0 spiro atoms. The van der Waals surface area contributed by atoms with Crippen molar-refractivity contribution in [2.45, 2.75) is 95.8 Å². The summed E-state index contributed by atoms with van der Waals surface area (Å²) in [5.41, 5.74) is -2.15. The van der Waals surface area contributed by atoms with Gasteiger partial charge in [-0.2, -0.15) is 0 Å². The van der Waals surface area contributed by atoms with E-state index in [0.29, 0.717) is 19.3 Å². The fraction of sp³-hybridized carbons (Fsp3) is 0.742. The third-order valence-electron chi connectivity index (χ3n) is 11.2. The van der Waals surface area contributed by atoms with Gasteiger partial charge in [0.2, 0.25) is 11.7 Å². The zero-order valence-corrected chi connectivity index (χ0v) is 24.6. The first-order valence-corrected chi connectivity index (χ1v) is 15.0. The molecule has 0 radical (unpaired) electrons. The number of fused-ring (bicyclic) bond motifs is 5. The molecule has 1 heterocycles. The lowest BCUT2D eigenvalue weighted by Gasteiger charge is -2.57. The first kappa shape index (κ1) is 30.5. The minimum absolute atomic E-state index is 0.0000822. The highest BCUT2D eigenvalue weighted by molar-refractivity contribution is 5.95. The van der Waals surface area contributed by atoms with E-state index in [1.807, 2.05) is 0 Å². The maximum Gasteiger partial charge on any atom is 0.328 e. The quantitative estimate of drug-likeness (QED) is 0.417.